The van der Waals surface area contributed by atoms with Gasteiger partial charge in [-0.3, -0.25) is 0 Å². The van der Waals surface area contributed by atoms with Crippen LogP contribution >= 0.6 is 23.2 Å². The second-order valence-electron chi connectivity index (χ2n) is 5.12. The number of carbonyl (C=O) groups excluding carboxylic acids is 1. The molecule has 1 rings (SSSR count). The molecular weight excluding hydrogens is 301 g/mol. The molecular formula is C14H17Cl2NO3. The summed E-state index contributed by atoms with van der Waals surface area (Å²) < 4.78 is 5.08. The molecule has 0 radical (unpaired) electrons. The maximum absolute atomic E-state index is 11.4. The average Bonchev–Trinajstić information content (AvgIpc) is 2.29. The monoisotopic (exact) mass is 317 g/mol. The molecule has 0 saturated carbocycles. The molecule has 0 aliphatic rings. The highest BCUT2D eigenvalue weighted by atomic mass is 35.5. The van der Waals surface area contributed by atoms with E-state index >= 15 is 0 Å². The van der Waals surface area contributed by atoms with Gasteiger partial charge < -0.3 is 15.2 Å². The van der Waals surface area contributed by atoms with Crippen LogP contribution in [0.25, 0.3) is 6.08 Å². The Kier molecular flexibility index (Phi) is 5.72. The Morgan fingerprint density at radius 2 is 1.90 bits per heavy atom. The van der Waals surface area contributed by atoms with Crippen molar-refractivity contribution in [2.45, 2.75) is 26.4 Å². The molecule has 6 heteroatoms. The third-order valence-corrected chi connectivity index (χ3v) is 2.69. The summed E-state index contributed by atoms with van der Waals surface area (Å²) in [5.41, 5.74) is 0.204. The fourth-order valence-corrected chi connectivity index (χ4v) is 1.84. The largest absolute Gasteiger partial charge is 0.505 e. The van der Waals surface area contributed by atoms with Crippen molar-refractivity contribution in [3.8, 4) is 5.75 Å². The lowest BCUT2D eigenvalue weighted by atomic mass is 10.2. The van der Waals surface area contributed by atoms with Gasteiger partial charge in [0.05, 0.1) is 10.0 Å². The lowest BCUT2D eigenvalue weighted by Gasteiger charge is -2.19. The van der Waals surface area contributed by atoms with Crippen molar-refractivity contribution < 1.29 is 14.6 Å². The zero-order valence-electron chi connectivity index (χ0n) is 11.5. The van der Waals surface area contributed by atoms with E-state index in [2.05, 4.69) is 5.32 Å². The Balaban J connectivity index is 2.52. The first-order valence-corrected chi connectivity index (χ1v) is 6.76. The summed E-state index contributed by atoms with van der Waals surface area (Å²) in [6, 6.07) is 3.15. The van der Waals surface area contributed by atoms with E-state index in [1.54, 1.807) is 45.1 Å². The van der Waals surface area contributed by atoms with Crippen LogP contribution < -0.4 is 5.32 Å². The van der Waals surface area contributed by atoms with Gasteiger partial charge in [-0.05, 0) is 38.5 Å². The number of hydrogen-bond acceptors (Lipinski definition) is 3. The second kappa shape index (κ2) is 6.86. The molecule has 110 valence electrons. The molecule has 0 unspecified atom stereocenters. The molecule has 0 heterocycles. The number of ether oxygens (including phenoxy) is 1. The molecule has 0 aromatic heterocycles. The third kappa shape index (κ3) is 5.72. The minimum absolute atomic E-state index is 0.141. The van der Waals surface area contributed by atoms with Gasteiger partial charge in [-0.1, -0.05) is 35.4 Å². The smallest absolute Gasteiger partial charge is 0.407 e. The number of carbonyl (C=O) groups is 1. The Morgan fingerprint density at radius 3 is 2.40 bits per heavy atom. The predicted octanol–water partition coefficient (Wildman–Crippen LogP) is 4.24. The molecule has 0 saturated heterocycles. The van der Waals surface area contributed by atoms with Gasteiger partial charge in [0, 0.05) is 6.54 Å². The Morgan fingerprint density at radius 1 is 1.35 bits per heavy atom. The van der Waals surface area contributed by atoms with Crippen LogP contribution in [0.1, 0.15) is 26.3 Å². The van der Waals surface area contributed by atoms with Gasteiger partial charge in [0.25, 0.3) is 0 Å². The number of amides is 1. The number of nitrogens with one attached hydrogen (secondary N) is 1. The maximum atomic E-state index is 11.4. The summed E-state index contributed by atoms with van der Waals surface area (Å²) in [7, 11) is 0. The Labute approximate surface area is 128 Å². The molecule has 0 aliphatic heterocycles. The summed E-state index contributed by atoms with van der Waals surface area (Å²) in [5, 5.41) is 12.4. The van der Waals surface area contributed by atoms with E-state index < -0.39 is 11.7 Å². The summed E-state index contributed by atoms with van der Waals surface area (Å²) in [6.07, 6.45) is 2.97. The Bertz CT molecular complexity index is 499. The SMILES string of the molecule is CC(C)(C)OC(=O)NCC=Cc1cc(Cl)c(O)c(Cl)c1. The van der Waals surface area contributed by atoms with Gasteiger partial charge in [0.15, 0.2) is 5.75 Å². The van der Waals surface area contributed by atoms with Crippen molar-refractivity contribution in [3.63, 3.8) is 0 Å². The molecule has 1 aromatic rings. The maximum Gasteiger partial charge on any atom is 0.407 e. The van der Waals surface area contributed by atoms with Crippen LogP contribution in [0.2, 0.25) is 10.0 Å². The van der Waals surface area contributed by atoms with Crippen molar-refractivity contribution in [1.82, 2.24) is 5.32 Å². The van der Waals surface area contributed by atoms with E-state index in [-0.39, 0.29) is 15.8 Å². The molecule has 2 N–H and O–H groups in total. The highest BCUT2D eigenvalue weighted by Crippen LogP contribution is 2.32. The Hall–Kier alpha value is -1.39. The second-order valence-corrected chi connectivity index (χ2v) is 5.93. The zero-order valence-corrected chi connectivity index (χ0v) is 13.0. The molecule has 1 amide bonds. The molecule has 0 fully saturated rings. The number of benzene rings is 1. The van der Waals surface area contributed by atoms with Crippen molar-refractivity contribution >= 4 is 35.4 Å². The van der Waals surface area contributed by atoms with Crippen LogP contribution in [0.3, 0.4) is 0 Å². The van der Waals surface area contributed by atoms with Crippen molar-refractivity contribution in [1.29, 1.82) is 0 Å². The average molecular weight is 318 g/mol. The number of halogens is 2. The van der Waals surface area contributed by atoms with E-state index in [1.807, 2.05) is 0 Å². The number of phenolic OH excluding ortho intramolecular Hbond substituents is 1. The summed E-state index contributed by atoms with van der Waals surface area (Å²) in [6.45, 7) is 5.69. The minimum atomic E-state index is -0.522. The van der Waals surface area contributed by atoms with Crippen molar-refractivity contribution in [3.05, 3.63) is 33.8 Å². The highest BCUT2D eigenvalue weighted by molar-refractivity contribution is 6.37. The van der Waals surface area contributed by atoms with E-state index in [0.29, 0.717) is 6.54 Å². The molecule has 0 atom stereocenters. The lowest BCUT2D eigenvalue weighted by Crippen LogP contribution is -2.32. The van der Waals surface area contributed by atoms with Crippen LogP contribution in [-0.4, -0.2) is 23.3 Å². The first-order valence-electron chi connectivity index (χ1n) is 6.00. The van der Waals surface area contributed by atoms with E-state index in [0.717, 1.165) is 5.56 Å². The highest BCUT2D eigenvalue weighted by Gasteiger charge is 2.14. The number of alkyl carbamates (subject to hydrolysis) is 1. The van der Waals surface area contributed by atoms with Gasteiger partial charge in [-0.2, -0.15) is 0 Å². The molecule has 20 heavy (non-hydrogen) atoms. The summed E-state index contributed by atoms with van der Waals surface area (Å²) in [4.78, 5) is 11.4. The van der Waals surface area contributed by atoms with Crippen molar-refractivity contribution in [2.75, 3.05) is 6.54 Å². The fraction of sp³-hybridized carbons (Fsp3) is 0.357. The molecule has 4 nitrogen and oxygen atoms in total. The number of rotatable bonds is 3. The lowest BCUT2D eigenvalue weighted by molar-refractivity contribution is 0.0534. The standard InChI is InChI=1S/C14H17Cl2NO3/c1-14(2,3)20-13(19)17-6-4-5-9-7-10(15)12(18)11(16)8-9/h4-5,7-8,18H,6H2,1-3H3,(H,17,19). The van der Waals surface area contributed by atoms with E-state index in [9.17, 15) is 9.90 Å². The van der Waals surface area contributed by atoms with Gasteiger partial charge in [-0.25, -0.2) is 4.79 Å². The van der Waals surface area contributed by atoms with Crippen LogP contribution in [0.4, 0.5) is 4.79 Å². The summed E-state index contributed by atoms with van der Waals surface area (Å²) >= 11 is 11.6. The normalized spacial score (nSPS) is 11.7. The first-order chi connectivity index (χ1) is 9.19. The number of phenols is 1. The molecule has 1 aromatic carbocycles. The summed E-state index contributed by atoms with van der Waals surface area (Å²) in [5.74, 6) is -0.141. The number of aromatic hydroxyl groups is 1. The molecule has 0 bridgehead atoms. The molecule has 0 aliphatic carbocycles. The number of hydrogen-bond donors (Lipinski definition) is 2. The first kappa shape index (κ1) is 16.7. The van der Waals surface area contributed by atoms with E-state index in [4.69, 9.17) is 27.9 Å². The van der Waals surface area contributed by atoms with Gasteiger partial charge >= 0.3 is 6.09 Å². The van der Waals surface area contributed by atoms with Gasteiger partial charge in [0.1, 0.15) is 5.60 Å². The van der Waals surface area contributed by atoms with Crippen molar-refractivity contribution in [2.24, 2.45) is 0 Å². The quantitative estimate of drug-likeness (QED) is 0.876. The van der Waals surface area contributed by atoms with Gasteiger partial charge in [0.2, 0.25) is 0 Å². The predicted molar refractivity (Wildman–Crippen MR) is 81.4 cm³/mol. The van der Waals surface area contributed by atoms with Crippen LogP contribution in [0.15, 0.2) is 18.2 Å². The fourth-order valence-electron chi connectivity index (χ4n) is 1.33. The van der Waals surface area contributed by atoms with E-state index in [1.165, 1.54) is 0 Å². The van der Waals surface area contributed by atoms with Gasteiger partial charge in [-0.15, -0.1) is 0 Å². The topological polar surface area (TPSA) is 58.6 Å². The third-order valence-electron chi connectivity index (χ3n) is 2.11. The van der Waals surface area contributed by atoms with Crippen LogP contribution in [0, 0.1) is 0 Å². The van der Waals surface area contributed by atoms with Crippen LogP contribution in [0.5, 0.6) is 5.75 Å². The molecule has 0 spiro atoms. The zero-order chi connectivity index (χ0) is 15.3. The van der Waals surface area contributed by atoms with Crippen LogP contribution in [-0.2, 0) is 4.74 Å². The minimum Gasteiger partial charge on any atom is -0.505 e.